The van der Waals surface area contributed by atoms with E-state index >= 15 is 0 Å². The Morgan fingerprint density at radius 2 is 1.70 bits per heavy atom. The number of ketones is 1. The van der Waals surface area contributed by atoms with Gasteiger partial charge in [-0.15, -0.1) is 0 Å². The molecular weight excluding hydrogens is 270 g/mol. The summed E-state index contributed by atoms with van der Waals surface area (Å²) in [4.78, 5) is 12.6. The van der Waals surface area contributed by atoms with Gasteiger partial charge in [0, 0.05) is 24.9 Å². The van der Waals surface area contributed by atoms with E-state index in [9.17, 15) is 9.00 Å². The predicted molar refractivity (Wildman–Crippen MR) is 83.9 cm³/mol. The summed E-state index contributed by atoms with van der Waals surface area (Å²) in [5, 5.41) is 0. The molecule has 0 aromatic heterocycles. The molecule has 1 atom stereocenters. The number of benzene rings is 1. The molecule has 0 amide bonds. The molecule has 0 spiro atoms. The normalized spacial score (nSPS) is 19.9. The third-order valence-electron chi connectivity index (χ3n) is 3.37. The summed E-state index contributed by atoms with van der Waals surface area (Å²) in [6, 6.07) is 7.73. The van der Waals surface area contributed by atoms with Crippen LogP contribution in [0.3, 0.4) is 0 Å². The van der Waals surface area contributed by atoms with Crippen molar-refractivity contribution in [3.8, 4) is 0 Å². The minimum Gasteiger partial charge on any atom is -0.299 e. The Labute approximate surface area is 125 Å². The number of hydrogen-bond acceptors (Lipinski definition) is 2. The zero-order valence-electron chi connectivity index (χ0n) is 13.1. The molecule has 112 valence electrons. The maximum atomic E-state index is 12.4. The summed E-state index contributed by atoms with van der Waals surface area (Å²) in [5.41, 5.74) is 0.767. The van der Waals surface area contributed by atoms with Crippen LogP contribution in [0.25, 0.3) is 0 Å². The average molecular weight is 295 g/mol. The summed E-state index contributed by atoms with van der Waals surface area (Å²) in [6.45, 7) is 11.0. The van der Waals surface area contributed by atoms with Crippen LogP contribution in [0.1, 0.15) is 39.7 Å². The largest absolute Gasteiger partial charge is 0.299 e. The molecule has 0 aliphatic carbocycles. The fourth-order valence-corrected chi connectivity index (χ4v) is 3.48. The van der Waals surface area contributed by atoms with Gasteiger partial charge in [-0.1, -0.05) is 45.4 Å². The summed E-state index contributed by atoms with van der Waals surface area (Å²) in [6.07, 6.45) is 0.491. The lowest BCUT2D eigenvalue weighted by molar-refractivity contribution is -0.129. The van der Waals surface area contributed by atoms with Crippen molar-refractivity contribution < 1.29 is 9.00 Å². The zero-order valence-corrected chi connectivity index (χ0v) is 13.9. The monoisotopic (exact) mass is 295 g/mol. The molecule has 1 aliphatic rings. The van der Waals surface area contributed by atoms with Crippen LogP contribution in [0.4, 0.5) is 0 Å². The predicted octanol–water partition coefficient (Wildman–Crippen LogP) is 3.34. The molecule has 1 saturated heterocycles. The van der Waals surface area contributed by atoms with Crippen LogP contribution < -0.4 is 0 Å². The van der Waals surface area contributed by atoms with Crippen molar-refractivity contribution in [3.63, 3.8) is 0 Å². The number of carbonyl (C=O) groups excluding carboxylic acids is 1. The first kappa shape index (κ1) is 17.1. The lowest BCUT2D eigenvalue weighted by Gasteiger charge is -2.35. The smallest absolute Gasteiger partial charge is 0.141 e. The van der Waals surface area contributed by atoms with Crippen LogP contribution in [-0.2, 0) is 15.8 Å². The van der Waals surface area contributed by atoms with Gasteiger partial charge in [-0.05, 0) is 19.1 Å². The maximum Gasteiger partial charge on any atom is 0.141 e. The lowest BCUT2D eigenvalue weighted by Crippen LogP contribution is -2.46. The number of rotatable bonds is 2. The lowest BCUT2D eigenvalue weighted by atomic mass is 9.84. The fraction of sp³-hybridized carbons (Fsp3) is 0.562. The first-order valence-electron chi connectivity index (χ1n) is 7.17. The second-order valence-corrected chi connectivity index (χ2v) is 6.97. The van der Waals surface area contributed by atoms with E-state index in [1.807, 2.05) is 63.2 Å². The Bertz CT molecular complexity index is 480. The highest BCUT2D eigenvalue weighted by Gasteiger charge is 2.36. The molecule has 3 nitrogen and oxygen atoms in total. The Kier molecular flexibility index (Phi) is 6.08. The van der Waals surface area contributed by atoms with Gasteiger partial charge < -0.3 is 0 Å². The number of carbonyl (C=O) groups is 1. The van der Waals surface area contributed by atoms with Crippen molar-refractivity contribution in [2.45, 2.75) is 45.9 Å². The summed E-state index contributed by atoms with van der Waals surface area (Å²) in [5.74, 6) is 0.264. The molecule has 1 unspecified atom stereocenters. The number of nitrogens with zero attached hydrogens (tertiary/aromatic N) is 1. The van der Waals surface area contributed by atoms with Gasteiger partial charge in [-0.2, -0.15) is 0 Å². The molecule has 1 aliphatic heterocycles. The van der Waals surface area contributed by atoms with E-state index in [0.29, 0.717) is 19.5 Å². The van der Waals surface area contributed by atoms with Crippen LogP contribution in [0.2, 0.25) is 0 Å². The van der Waals surface area contributed by atoms with Crippen LogP contribution in [-0.4, -0.2) is 27.4 Å². The first-order valence-corrected chi connectivity index (χ1v) is 8.28. The summed E-state index contributed by atoms with van der Waals surface area (Å²) in [7, 11) is -1.16. The SMILES string of the molecule is CC.Cc1ccc(S(=O)N2CCC(=O)C(C)(C)C2)cc1. The quantitative estimate of drug-likeness (QED) is 0.839. The van der Waals surface area contributed by atoms with E-state index < -0.39 is 16.4 Å². The molecular formula is C16H25NO2S. The van der Waals surface area contributed by atoms with Gasteiger partial charge in [-0.3, -0.25) is 4.79 Å². The highest BCUT2D eigenvalue weighted by molar-refractivity contribution is 7.82. The van der Waals surface area contributed by atoms with Gasteiger partial charge in [0.25, 0.3) is 0 Å². The Balaban J connectivity index is 0.000000956. The van der Waals surface area contributed by atoms with Crippen LogP contribution in [0.15, 0.2) is 29.2 Å². The average Bonchev–Trinajstić information content (AvgIpc) is 2.44. The molecule has 1 aromatic carbocycles. The number of aryl methyl sites for hydroxylation is 1. The van der Waals surface area contributed by atoms with Crippen molar-refractivity contribution in [2.24, 2.45) is 5.41 Å². The van der Waals surface area contributed by atoms with Crippen LogP contribution in [0, 0.1) is 12.3 Å². The van der Waals surface area contributed by atoms with Gasteiger partial charge >= 0.3 is 0 Å². The van der Waals surface area contributed by atoms with Gasteiger partial charge in [-0.25, -0.2) is 8.51 Å². The van der Waals surface area contributed by atoms with E-state index in [1.165, 1.54) is 0 Å². The maximum absolute atomic E-state index is 12.4. The zero-order chi connectivity index (χ0) is 15.3. The standard InChI is InChI=1S/C14H19NO2S.C2H6/c1-11-4-6-12(7-5-11)18(17)15-9-8-13(16)14(2,3)10-15;1-2/h4-7H,8-10H2,1-3H3;1-2H3. The van der Waals surface area contributed by atoms with Crippen molar-refractivity contribution in [1.82, 2.24) is 4.31 Å². The minimum atomic E-state index is -1.16. The highest BCUT2D eigenvalue weighted by Crippen LogP contribution is 2.27. The number of Topliss-reactive ketones (excluding diaryl/α,β-unsaturated/α-hetero) is 1. The Morgan fingerprint density at radius 1 is 1.15 bits per heavy atom. The minimum absolute atomic E-state index is 0.264. The van der Waals surface area contributed by atoms with E-state index in [4.69, 9.17) is 0 Å². The van der Waals surface area contributed by atoms with Gasteiger partial charge in [0.15, 0.2) is 0 Å². The van der Waals surface area contributed by atoms with Gasteiger partial charge in [0.2, 0.25) is 0 Å². The fourth-order valence-electron chi connectivity index (χ4n) is 2.12. The molecule has 0 radical (unpaired) electrons. The molecule has 1 heterocycles. The second kappa shape index (κ2) is 7.14. The molecule has 0 bridgehead atoms. The van der Waals surface area contributed by atoms with Crippen molar-refractivity contribution >= 4 is 16.8 Å². The van der Waals surface area contributed by atoms with Gasteiger partial charge in [0.1, 0.15) is 16.8 Å². The molecule has 0 N–H and O–H groups in total. The van der Waals surface area contributed by atoms with E-state index in [2.05, 4.69) is 0 Å². The van der Waals surface area contributed by atoms with E-state index in [1.54, 1.807) is 0 Å². The first-order chi connectivity index (χ1) is 9.40. The molecule has 1 aromatic rings. The third-order valence-corrected chi connectivity index (χ3v) is 4.83. The summed E-state index contributed by atoms with van der Waals surface area (Å²) >= 11 is 0. The van der Waals surface area contributed by atoms with Crippen molar-refractivity contribution in [1.29, 1.82) is 0 Å². The topological polar surface area (TPSA) is 37.4 Å². The molecule has 1 fully saturated rings. The van der Waals surface area contributed by atoms with Crippen LogP contribution >= 0.6 is 0 Å². The van der Waals surface area contributed by atoms with E-state index in [-0.39, 0.29) is 5.78 Å². The second-order valence-electron chi connectivity index (χ2n) is 5.48. The molecule has 2 rings (SSSR count). The van der Waals surface area contributed by atoms with Gasteiger partial charge in [0.05, 0.1) is 4.90 Å². The highest BCUT2D eigenvalue weighted by atomic mass is 32.2. The number of hydrogen-bond donors (Lipinski definition) is 0. The van der Waals surface area contributed by atoms with Crippen LogP contribution in [0.5, 0.6) is 0 Å². The van der Waals surface area contributed by atoms with Crippen molar-refractivity contribution in [3.05, 3.63) is 29.8 Å². The summed E-state index contributed by atoms with van der Waals surface area (Å²) < 4.78 is 14.3. The number of piperidine rings is 1. The van der Waals surface area contributed by atoms with E-state index in [0.717, 1.165) is 10.5 Å². The molecule has 4 heteroatoms. The Hall–Kier alpha value is -1.00. The Morgan fingerprint density at radius 3 is 2.20 bits per heavy atom. The molecule has 0 saturated carbocycles. The van der Waals surface area contributed by atoms with Crippen molar-refractivity contribution in [2.75, 3.05) is 13.1 Å². The third kappa shape index (κ3) is 4.00. The molecule has 20 heavy (non-hydrogen) atoms.